The number of carbonyl (C=O) groups is 2. The number of nitrogens with zero attached hydrogens (tertiary/aromatic N) is 2. The van der Waals surface area contributed by atoms with Crippen LogP contribution in [0.4, 0.5) is 0 Å². The molecule has 0 radical (unpaired) electrons. The summed E-state index contributed by atoms with van der Waals surface area (Å²) in [6, 6.07) is 21.9. The number of ether oxygens (including phenoxy) is 1. The minimum atomic E-state index is -0.222. The molecule has 1 heterocycles. The van der Waals surface area contributed by atoms with Crippen LogP contribution in [-0.2, 0) is 18.7 Å². The molecular formula is C34H37N3O3S. The fourth-order valence-corrected chi connectivity index (χ4v) is 5.99. The van der Waals surface area contributed by atoms with E-state index >= 15 is 0 Å². The van der Waals surface area contributed by atoms with E-state index in [9.17, 15) is 9.59 Å². The number of ketones is 1. The average Bonchev–Trinajstić information content (AvgIpc) is 3.53. The fraction of sp³-hybridized carbons (Fsp3) is 0.324. The summed E-state index contributed by atoms with van der Waals surface area (Å²) in [5, 5.41) is 3.02. The molecule has 1 aliphatic carbocycles. The molecule has 0 spiro atoms. The van der Waals surface area contributed by atoms with Crippen LogP contribution in [0.5, 0.6) is 5.75 Å². The van der Waals surface area contributed by atoms with Gasteiger partial charge in [-0.25, -0.2) is 4.98 Å². The molecule has 0 saturated heterocycles. The molecule has 2 atom stereocenters. The van der Waals surface area contributed by atoms with Gasteiger partial charge in [0.1, 0.15) is 11.9 Å². The van der Waals surface area contributed by atoms with Crippen LogP contribution in [0, 0.1) is 5.92 Å². The molecular weight excluding hydrogens is 530 g/mol. The largest absolute Gasteiger partial charge is 0.484 e. The molecule has 0 saturated carbocycles. The second-order valence-corrected chi connectivity index (χ2v) is 11.7. The van der Waals surface area contributed by atoms with Gasteiger partial charge in [-0.15, -0.1) is 11.8 Å². The maximum absolute atomic E-state index is 12.8. The summed E-state index contributed by atoms with van der Waals surface area (Å²) >= 11 is 1.69. The number of carbonyl (C=O) groups excluding carboxylic acids is 2. The Morgan fingerprint density at radius 1 is 1.07 bits per heavy atom. The summed E-state index contributed by atoms with van der Waals surface area (Å²) in [4.78, 5) is 30.6. The number of thioether (sulfide) groups is 1. The summed E-state index contributed by atoms with van der Waals surface area (Å²) < 4.78 is 8.80. The van der Waals surface area contributed by atoms with Crippen LogP contribution in [0.25, 0.3) is 0 Å². The van der Waals surface area contributed by atoms with Gasteiger partial charge < -0.3 is 14.6 Å². The van der Waals surface area contributed by atoms with Crippen molar-refractivity contribution in [2.75, 3.05) is 6.54 Å². The number of imidazole rings is 1. The Morgan fingerprint density at radius 2 is 1.88 bits per heavy atom. The smallest absolute Gasteiger partial charge is 0.251 e. The molecule has 4 aromatic rings. The van der Waals surface area contributed by atoms with Gasteiger partial charge in [-0.3, -0.25) is 9.59 Å². The van der Waals surface area contributed by atoms with Crippen LogP contribution < -0.4 is 10.1 Å². The molecule has 0 fully saturated rings. The third kappa shape index (κ3) is 7.27. The maximum Gasteiger partial charge on any atom is 0.251 e. The lowest BCUT2D eigenvalue weighted by molar-refractivity contribution is 0.0945. The first-order valence-corrected chi connectivity index (χ1v) is 15.4. The summed E-state index contributed by atoms with van der Waals surface area (Å²) in [6.45, 7) is 5.55. The van der Waals surface area contributed by atoms with Crippen molar-refractivity contribution < 1.29 is 14.3 Å². The van der Waals surface area contributed by atoms with Crippen LogP contribution in [0.1, 0.15) is 76.6 Å². The van der Waals surface area contributed by atoms with Crippen molar-refractivity contribution in [1.82, 2.24) is 14.9 Å². The first-order valence-electron chi connectivity index (χ1n) is 14.4. The summed E-state index contributed by atoms with van der Waals surface area (Å²) in [5.41, 5.74) is 4.73. The van der Waals surface area contributed by atoms with E-state index < -0.39 is 0 Å². The lowest BCUT2D eigenvalue weighted by Crippen LogP contribution is -2.27. The van der Waals surface area contributed by atoms with Crippen LogP contribution in [0.2, 0.25) is 0 Å². The summed E-state index contributed by atoms with van der Waals surface area (Å²) in [6.07, 6.45) is 8.63. The number of aromatic nitrogens is 2. The van der Waals surface area contributed by atoms with Crippen molar-refractivity contribution >= 4 is 23.5 Å². The number of rotatable bonds is 12. The van der Waals surface area contributed by atoms with Gasteiger partial charge in [0.2, 0.25) is 0 Å². The lowest BCUT2D eigenvalue weighted by atomic mass is 9.87. The van der Waals surface area contributed by atoms with Crippen LogP contribution in [0.3, 0.4) is 0 Å². The maximum atomic E-state index is 12.8. The second-order valence-electron chi connectivity index (χ2n) is 10.7. The van der Waals surface area contributed by atoms with E-state index in [1.54, 1.807) is 24.3 Å². The van der Waals surface area contributed by atoms with Crippen LogP contribution in [-0.4, -0.2) is 27.8 Å². The third-order valence-electron chi connectivity index (χ3n) is 7.70. The number of Topliss-reactive ketones (excluding diaryl/α,β-unsaturated/α-hetero) is 1. The SMILES string of the molecule is CC[C@H](C)CNC(=O)c1ccc(SCc2c(O[C@H](Cn3ccnc3)c3ccccc3)ccc3c2CCCC3=O)cc1. The second kappa shape index (κ2) is 13.7. The fourth-order valence-electron chi connectivity index (χ4n) is 5.04. The molecule has 3 aromatic carbocycles. The van der Waals surface area contributed by atoms with Crippen LogP contribution >= 0.6 is 11.8 Å². The molecule has 212 valence electrons. The van der Waals surface area contributed by atoms with Gasteiger partial charge in [-0.1, -0.05) is 50.6 Å². The average molecular weight is 568 g/mol. The Hall–Kier alpha value is -3.84. The van der Waals surface area contributed by atoms with Crippen molar-refractivity contribution in [2.24, 2.45) is 5.92 Å². The quantitative estimate of drug-likeness (QED) is 0.182. The van der Waals surface area contributed by atoms with Gasteiger partial charge in [0, 0.05) is 52.7 Å². The monoisotopic (exact) mass is 567 g/mol. The van der Waals surface area contributed by atoms with E-state index in [-0.39, 0.29) is 17.8 Å². The van der Waals surface area contributed by atoms with E-state index in [1.807, 2.05) is 65.4 Å². The molecule has 41 heavy (non-hydrogen) atoms. The first-order chi connectivity index (χ1) is 20.0. The Morgan fingerprint density at radius 3 is 2.61 bits per heavy atom. The third-order valence-corrected chi connectivity index (χ3v) is 8.74. The first kappa shape index (κ1) is 28.7. The van der Waals surface area contributed by atoms with Gasteiger partial charge in [-0.05, 0) is 66.3 Å². The van der Waals surface area contributed by atoms with E-state index in [0.717, 1.165) is 52.2 Å². The van der Waals surface area contributed by atoms with Gasteiger partial charge >= 0.3 is 0 Å². The molecule has 1 aromatic heterocycles. The minimum Gasteiger partial charge on any atom is -0.484 e. The van der Waals surface area contributed by atoms with Crippen molar-refractivity contribution in [2.45, 2.75) is 62.8 Å². The number of hydrogen-bond acceptors (Lipinski definition) is 5. The Balaban J connectivity index is 1.38. The lowest BCUT2D eigenvalue weighted by Gasteiger charge is -2.25. The van der Waals surface area contributed by atoms with Gasteiger partial charge in [0.05, 0.1) is 12.9 Å². The highest BCUT2D eigenvalue weighted by Gasteiger charge is 2.25. The van der Waals surface area contributed by atoms with Crippen molar-refractivity contribution in [3.05, 3.63) is 113 Å². The molecule has 0 aliphatic heterocycles. The zero-order valence-corrected chi connectivity index (χ0v) is 24.5. The van der Waals surface area contributed by atoms with Crippen LogP contribution in [0.15, 0.2) is 90.3 Å². The zero-order valence-electron chi connectivity index (χ0n) is 23.7. The standard InChI is InChI=1S/C34H37N3O3S/c1-3-24(2)20-36-34(39)26-12-14-27(15-13-26)41-22-30-28-10-7-11-31(38)29(28)16-17-32(30)40-33(21-37-19-18-35-23-37)25-8-5-4-6-9-25/h4-6,8-9,12-19,23-24,33H,3,7,10-11,20-22H2,1-2H3,(H,36,39)/t24-,33+/m0/s1. The highest BCUT2D eigenvalue weighted by Crippen LogP contribution is 2.38. The van der Waals surface area contributed by atoms with E-state index in [1.165, 1.54) is 0 Å². The number of hydrogen-bond donors (Lipinski definition) is 1. The van der Waals surface area contributed by atoms with E-state index in [0.29, 0.717) is 36.7 Å². The number of nitrogens with one attached hydrogen (secondary N) is 1. The minimum absolute atomic E-state index is 0.0435. The molecule has 1 N–H and O–H groups in total. The number of fused-ring (bicyclic) bond motifs is 1. The highest BCUT2D eigenvalue weighted by atomic mass is 32.2. The summed E-state index contributed by atoms with van der Waals surface area (Å²) in [5.74, 6) is 2.09. The normalized spacial score (nSPS) is 14.2. The highest BCUT2D eigenvalue weighted by molar-refractivity contribution is 7.98. The Kier molecular flexibility index (Phi) is 9.57. The molecule has 1 amide bonds. The molecule has 0 unspecified atom stereocenters. The van der Waals surface area contributed by atoms with Crippen molar-refractivity contribution in [3.8, 4) is 5.75 Å². The number of benzene rings is 3. The Labute approximate surface area is 246 Å². The number of amides is 1. The van der Waals surface area contributed by atoms with Crippen molar-refractivity contribution in [3.63, 3.8) is 0 Å². The van der Waals surface area contributed by atoms with Crippen molar-refractivity contribution in [1.29, 1.82) is 0 Å². The molecule has 0 bridgehead atoms. The topological polar surface area (TPSA) is 73.2 Å². The predicted molar refractivity (Wildman–Crippen MR) is 164 cm³/mol. The van der Waals surface area contributed by atoms with E-state index in [4.69, 9.17) is 4.74 Å². The predicted octanol–water partition coefficient (Wildman–Crippen LogP) is 7.29. The summed E-state index contributed by atoms with van der Waals surface area (Å²) in [7, 11) is 0. The molecule has 7 heteroatoms. The molecule has 1 aliphatic rings. The Bertz CT molecular complexity index is 1450. The van der Waals surface area contributed by atoms with Gasteiger partial charge in [-0.2, -0.15) is 0 Å². The molecule has 6 nitrogen and oxygen atoms in total. The van der Waals surface area contributed by atoms with Gasteiger partial charge in [0.15, 0.2) is 5.78 Å². The van der Waals surface area contributed by atoms with Gasteiger partial charge in [0.25, 0.3) is 5.91 Å². The molecule has 5 rings (SSSR count). The zero-order chi connectivity index (χ0) is 28.6. The van der Waals surface area contributed by atoms with E-state index in [2.05, 4.69) is 36.3 Å².